The molecule has 0 saturated carbocycles. The molecular formula is C22H34NO6P. The van der Waals surface area contributed by atoms with Gasteiger partial charge in [0.05, 0.1) is 25.0 Å². The van der Waals surface area contributed by atoms with E-state index in [0.29, 0.717) is 25.0 Å². The van der Waals surface area contributed by atoms with Crippen LogP contribution in [0.5, 0.6) is 5.75 Å². The number of benzene rings is 1. The Kier molecular flexibility index (Phi) is 9.56. The molecule has 8 heteroatoms. The molecule has 30 heavy (non-hydrogen) atoms. The lowest BCUT2D eigenvalue weighted by molar-refractivity contribution is -0.161. The van der Waals surface area contributed by atoms with Gasteiger partial charge < -0.3 is 19.1 Å². The maximum atomic E-state index is 13.5. The number of rotatable bonds is 10. The summed E-state index contributed by atoms with van der Waals surface area (Å²) in [5.41, 5.74) is 0.788. The van der Waals surface area contributed by atoms with Gasteiger partial charge in [0, 0.05) is 12.8 Å². The average Bonchev–Trinajstić information content (AvgIpc) is 2.67. The molecule has 168 valence electrons. The van der Waals surface area contributed by atoms with Gasteiger partial charge in [-0.1, -0.05) is 29.8 Å². The van der Waals surface area contributed by atoms with Crippen molar-refractivity contribution in [1.29, 1.82) is 0 Å². The summed E-state index contributed by atoms with van der Waals surface area (Å²) >= 11 is 0. The summed E-state index contributed by atoms with van der Waals surface area (Å²) in [7, 11) is -3.40. The number of aliphatic hydroxyl groups excluding tert-OH is 1. The van der Waals surface area contributed by atoms with Crippen molar-refractivity contribution >= 4 is 13.5 Å². The first-order valence-electron chi connectivity index (χ1n) is 10.4. The van der Waals surface area contributed by atoms with Crippen molar-refractivity contribution in [3.05, 3.63) is 42.0 Å². The zero-order valence-corrected chi connectivity index (χ0v) is 19.1. The molecule has 7 nitrogen and oxygen atoms in total. The maximum Gasteiger partial charge on any atom is 0.323 e. The predicted molar refractivity (Wildman–Crippen MR) is 117 cm³/mol. The van der Waals surface area contributed by atoms with Crippen molar-refractivity contribution in [3.63, 3.8) is 0 Å². The number of esters is 1. The van der Waals surface area contributed by atoms with Gasteiger partial charge in [-0.25, -0.2) is 5.09 Å². The molecular weight excluding hydrogens is 405 g/mol. The van der Waals surface area contributed by atoms with Gasteiger partial charge in [0.25, 0.3) is 0 Å². The van der Waals surface area contributed by atoms with Crippen LogP contribution in [0.4, 0.5) is 0 Å². The maximum absolute atomic E-state index is 13.5. The second kappa shape index (κ2) is 11.7. The van der Waals surface area contributed by atoms with Gasteiger partial charge in [0.2, 0.25) is 0 Å². The minimum Gasteiger partial charge on any atom is -0.461 e. The van der Waals surface area contributed by atoms with E-state index in [2.05, 4.69) is 5.09 Å². The van der Waals surface area contributed by atoms with Crippen LogP contribution in [0.3, 0.4) is 0 Å². The quantitative estimate of drug-likeness (QED) is 0.322. The fourth-order valence-electron chi connectivity index (χ4n) is 3.39. The smallest absolute Gasteiger partial charge is 0.323 e. The van der Waals surface area contributed by atoms with Gasteiger partial charge in [-0.05, 0) is 46.2 Å². The molecule has 3 unspecified atom stereocenters. The molecule has 1 heterocycles. The van der Waals surface area contributed by atoms with E-state index in [9.17, 15) is 9.36 Å². The van der Waals surface area contributed by atoms with Crippen LogP contribution >= 0.6 is 7.52 Å². The Morgan fingerprint density at radius 3 is 2.53 bits per heavy atom. The first kappa shape index (κ1) is 24.6. The van der Waals surface area contributed by atoms with Crippen molar-refractivity contribution in [2.24, 2.45) is 0 Å². The Morgan fingerprint density at radius 2 is 1.93 bits per heavy atom. The van der Waals surface area contributed by atoms with Crippen molar-refractivity contribution in [1.82, 2.24) is 5.09 Å². The second-order valence-electron chi connectivity index (χ2n) is 7.94. The van der Waals surface area contributed by atoms with Gasteiger partial charge in [-0.15, -0.1) is 0 Å². The fraction of sp³-hybridized carbons (Fsp3) is 0.591. The lowest BCUT2D eigenvalue weighted by atomic mass is 10.0. The molecule has 0 aliphatic carbocycles. The third kappa shape index (κ3) is 8.23. The Hall–Kier alpha value is -1.66. The standard InChI is InChI=1S/C22H34NO6P/c1-16(15-24)9-8-12-30(26,29-20-10-6-5-7-11-20)23-19(4)22(25)28-21-13-17(2)27-18(3)14-21/h5-7,9-11,17-19,21,24H,8,12-15H2,1-4H3,(H,23,26)/b16-9+/t17?,18?,19-,21?,30?/m0/s1. The predicted octanol–water partition coefficient (Wildman–Crippen LogP) is 4.06. The van der Waals surface area contributed by atoms with Crippen LogP contribution in [0.1, 0.15) is 47.0 Å². The third-order valence-electron chi connectivity index (χ3n) is 4.84. The normalized spacial score (nSPS) is 25.2. The van der Waals surface area contributed by atoms with Crippen LogP contribution in [-0.4, -0.2) is 48.2 Å². The molecule has 1 aromatic rings. The van der Waals surface area contributed by atoms with Crippen molar-refractivity contribution in [3.8, 4) is 5.75 Å². The molecule has 0 aromatic heterocycles. The first-order chi connectivity index (χ1) is 14.2. The van der Waals surface area contributed by atoms with Crippen LogP contribution in [-0.2, 0) is 18.8 Å². The van der Waals surface area contributed by atoms with Crippen molar-refractivity contribution in [2.75, 3.05) is 12.8 Å². The van der Waals surface area contributed by atoms with E-state index >= 15 is 0 Å². The van der Waals surface area contributed by atoms with Gasteiger partial charge in [-0.2, -0.15) is 0 Å². The molecule has 1 aliphatic heterocycles. The minimum absolute atomic E-state index is 0.0314. The fourth-order valence-corrected chi connectivity index (χ4v) is 5.29. The zero-order chi connectivity index (χ0) is 22.1. The number of para-hydroxylation sites is 1. The molecule has 1 aliphatic rings. The summed E-state index contributed by atoms with van der Waals surface area (Å²) in [5, 5.41) is 12.0. The highest BCUT2D eigenvalue weighted by atomic mass is 31.2. The highest BCUT2D eigenvalue weighted by Gasteiger charge is 2.33. The van der Waals surface area contributed by atoms with E-state index in [0.717, 1.165) is 5.57 Å². The number of carbonyl (C=O) groups excluding carboxylic acids is 1. The van der Waals surface area contributed by atoms with Crippen LogP contribution in [0.15, 0.2) is 42.0 Å². The summed E-state index contributed by atoms with van der Waals surface area (Å²) < 4.78 is 30.6. The molecule has 2 rings (SSSR count). The Labute approximate surface area is 179 Å². The summed E-state index contributed by atoms with van der Waals surface area (Å²) in [6.07, 6.45) is 3.58. The number of allylic oxidation sites excluding steroid dienone is 1. The molecule has 0 bridgehead atoms. The van der Waals surface area contributed by atoms with E-state index in [4.69, 9.17) is 19.1 Å². The number of hydrogen-bond acceptors (Lipinski definition) is 6. The Bertz CT molecular complexity index is 743. The minimum atomic E-state index is -3.40. The molecule has 1 aromatic carbocycles. The van der Waals surface area contributed by atoms with Crippen molar-refractivity contribution in [2.45, 2.75) is 71.3 Å². The highest BCUT2D eigenvalue weighted by molar-refractivity contribution is 7.57. The monoisotopic (exact) mass is 439 g/mol. The third-order valence-corrected chi connectivity index (χ3v) is 6.98. The summed E-state index contributed by atoms with van der Waals surface area (Å²) in [5.74, 6) is 0.00380. The van der Waals surface area contributed by atoms with Gasteiger partial charge in [-0.3, -0.25) is 9.36 Å². The van der Waals surface area contributed by atoms with Crippen LogP contribution in [0.2, 0.25) is 0 Å². The average molecular weight is 439 g/mol. The van der Waals surface area contributed by atoms with E-state index in [1.165, 1.54) is 0 Å². The van der Waals surface area contributed by atoms with Crippen LogP contribution in [0, 0.1) is 0 Å². The lowest BCUT2D eigenvalue weighted by Crippen LogP contribution is -2.41. The summed E-state index contributed by atoms with van der Waals surface area (Å²) in [4.78, 5) is 12.6. The topological polar surface area (TPSA) is 94.1 Å². The van der Waals surface area contributed by atoms with Gasteiger partial charge in [0.15, 0.2) is 0 Å². The Balaban J connectivity index is 2.03. The SMILES string of the molecule is C/C(=C\CCP(=O)(N[C@@H](C)C(=O)OC1CC(C)OC(C)C1)Oc1ccccc1)CO. The van der Waals surface area contributed by atoms with E-state index in [-0.39, 0.29) is 31.1 Å². The number of carbonyl (C=O) groups is 1. The molecule has 0 spiro atoms. The first-order valence-corrected chi connectivity index (χ1v) is 12.3. The molecule has 2 N–H and O–H groups in total. The van der Waals surface area contributed by atoms with Gasteiger partial charge >= 0.3 is 13.5 Å². The zero-order valence-electron chi connectivity index (χ0n) is 18.2. The number of nitrogens with one attached hydrogen (secondary N) is 1. The van der Waals surface area contributed by atoms with Gasteiger partial charge in [0.1, 0.15) is 17.9 Å². The molecule has 0 amide bonds. The number of hydrogen-bond donors (Lipinski definition) is 2. The van der Waals surface area contributed by atoms with E-state index < -0.39 is 19.5 Å². The number of ether oxygens (including phenoxy) is 2. The second-order valence-corrected chi connectivity index (χ2v) is 10.2. The molecule has 1 saturated heterocycles. The molecule has 1 fully saturated rings. The molecule has 0 radical (unpaired) electrons. The van der Waals surface area contributed by atoms with Crippen LogP contribution in [0.25, 0.3) is 0 Å². The Morgan fingerprint density at radius 1 is 1.30 bits per heavy atom. The summed E-state index contributed by atoms with van der Waals surface area (Å²) in [6.45, 7) is 7.29. The van der Waals surface area contributed by atoms with Crippen LogP contribution < -0.4 is 9.61 Å². The largest absolute Gasteiger partial charge is 0.461 e. The van der Waals surface area contributed by atoms with E-state index in [1.54, 1.807) is 38.1 Å². The van der Waals surface area contributed by atoms with E-state index in [1.807, 2.05) is 26.0 Å². The summed E-state index contributed by atoms with van der Waals surface area (Å²) in [6, 6.07) is 8.07. The highest BCUT2D eigenvalue weighted by Crippen LogP contribution is 2.44. The van der Waals surface area contributed by atoms with Crippen molar-refractivity contribution < 1.29 is 28.5 Å². The lowest BCUT2D eigenvalue weighted by Gasteiger charge is -2.32. The number of aliphatic hydroxyl groups is 1. The molecule has 4 atom stereocenters.